The molecule has 0 spiro atoms. The van der Waals surface area contributed by atoms with Crippen LogP contribution in [0.4, 0.5) is 11.6 Å². The molecule has 0 bridgehead atoms. The van der Waals surface area contributed by atoms with Crippen molar-refractivity contribution >= 4 is 27.0 Å². The summed E-state index contributed by atoms with van der Waals surface area (Å²) in [5.74, 6) is 1.82. The maximum Gasteiger partial charge on any atom is 0.269 e. The highest BCUT2D eigenvalue weighted by molar-refractivity contribution is 7.91. The summed E-state index contributed by atoms with van der Waals surface area (Å²) in [7, 11) is -1.41. The number of aromatic nitrogens is 5. The van der Waals surface area contributed by atoms with Gasteiger partial charge in [-0.15, -0.1) is 0 Å². The van der Waals surface area contributed by atoms with Crippen molar-refractivity contribution in [1.82, 2.24) is 24.4 Å². The molecular weight excluding hydrogens is 492 g/mol. The van der Waals surface area contributed by atoms with E-state index in [9.17, 15) is 13.2 Å². The van der Waals surface area contributed by atoms with Crippen LogP contribution in [-0.2, 0) is 16.9 Å². The van der Waals surface area contributed by atoms with Crippen LogP contribution < -0.4 is 15.6 Å². The first-order valence-corrected chi connectivity index (χ1v) is 14.2. The summed E-state index contributed by atoms with van der Waals surface area (Å²) in [5, 5.41) is 11.7. The predicted octanol–water partition coefficient (Wildman–Crippen LogP) is 3.59. The first kappa shape index (κ1) is 24.9. The molecule has 1 N–H and O–H groups in total. The number of sulfone groups is 1. The van der Waals surface area contributed by atoms with Crippen LogP contribution in [0.3, 0.4) is 0 Å². The second-order valence-corrected chi connectivity index (χ2v) is 12.1. The standard InChI is InChI=1S/C26H30N6O4S/c1-16-11-24(29-31(3)26(16)33)28-25-14-19-13-18(9-10-32(19)30-25)22-12-17(2)27-15-23(22)36-20-5-7-21(8-6-20)37(4,34)35/h9-15,20-21H,5-8H2,1-4H3,(H,28,29,30). The molecule has 0 amide bonds. The van der Waals surface area contributed by atoms with E-state index in [0.717, 1.165) is 22.3 Å². The Morgan fingerprint density at radius 2 is 1.76 bits per heavy atom. The van der Waals surface area contributed by atoms with Gasteiger partial charge in [-0.1, -0.05) is 0 Å². The van der Waals surface area contributed by atoms with E-state index in [-0.39, 0.29) is 16.9 Å². The number of hydrogen-bond acceptors (Lipinski definition) is 8. The predicted molar refractivity (Wildman–Crippen MR) is 142 cm³/mol. The van der Waals surface area contributed by atoms with E-state index in [0.29, 0.717) is 48.6 Å². The van der Waals surface area contributed by atoms with Gasteiger partial charge in [0.2, 0.25) is 0 Å². The first-order valence-electron chi connectivity index (χ1n) is 12.2. The third kappa shape index (κ3) is 5.36. The molecule has 194 valence electrons. The largest absolute Gasteiger partial charge is 0.488 e. The molecule has 4 aromatic rings. The molecule has 5 rings (SSSR count). The smallest absolute Gasteiger partial charge is 0.269 e. The van der Waals surface area contributed by atoms with Crippen molar-refractivity contribution in [2.24, 2.45) is 7.05 Å². The maximum atomic E-state index is 11.9. The highest BCUT2D eigenvalue weighted by atomic mass is 32.2. The van der Waals surface area contributed by atoms with Crippen LogP contribution in [0, 0.1) is 13.8 Å². The summed E-state index contributed by atoms with van der Waals surface area (Å²) in [5.41, 5.74) is 4.08. The Hall–Kier alpha value is -3.73. The minimum atomic E-state index is -3.02. The Labute approximate surface area is 215 Å². The molecule has 0 atom stereocenters. The summed E-state index contributed by atoms with van der Waals surface area (Å²) in [6.07, 6.45) is 7.50. The van der Waals surface area contributed by atoms with Crippen molar-refractivity contribution in [3.05, 3.63) is 64.3 Å². The van der Waals surface area contributed by atoms with Crippen LogP contribution in [0.15, 0.2) is 47.5 Å². The molecule has 0 unspecified atom stereocenters. The van der Waals surface area contributed by atoms with Gasteiger partial charge < -0.3 is 10.1 Å². The molecule has 1 saturated carbocycles. The third-order valence-corrected chi connectivity index (χ3v) is 8.48. The van der Waals surface area contributed by atoms with Crippen LogP contribution in [0.5, 0.6) is 5.75 Å². The van der Waals surface area contributed by atoms with Crippen molar-refractivity contribution < 1.29 is 13.2 Å². The SMILES string of the molecule is Cc1cc(-c2ccn3nc(Nc4cc(C)c(=O)n(C)n4)cc3c2)c(OC2CCC(S(C)(=O)=O)CC2)cn1. The minimum absolute atomic E-state index is 0.0476. The van der Waals surface area contributed by atoms with E-state index in [1.165, 1.54) is 10.9 Å². The number of hydrogen-bond donors (Lipinski definition) is 1. The van der Waals surface area contributed by atoms with Gasteiger partial charge in [0.1, 0.15) is 15.6 Å². The molecule has 11 heteroatoms. The summed E-state index contributed by atoms with van der Waals surface area (Å²) in [6, 6.07) is 9.60. The summed E-state index contributed by atoms with van der Waals surface area (Å²) >= 11 is 0. The van der Waals surface area contributed by atoms with E-state index in [1.807, 2.05) is 37.4 Å². The van der Waals surface area contributed by atoms with E-state index in [1.54, 1.807) is 30.8 Å². The molecule has 1 fully saturated rings. The highest BCUT2D eigenvalue weighted by Crippen LogP contribution is 2.34. The number of nitrogens with one attached hydrogen (secondary N) is 1. The Balaban J connectivity index is 1.39. The lowest BCUT2D eigenvalue weighted by atomic mass is 9.97. The van der Waals surface area contributed by atoms with Gasteiger partial charge in [0.15, 0.2) is 11.6 Å². The van der Waals surface area contributed by atoms with Crippen LogP contribution in [0.25, 0.3) is 16.6 Å². The molecule has 0 radical (unpaired) electrons. The lowest BCUT2D eigenvalue weighted by molar-refractivity contribution is 0.156. The lowest BCUT2D eigenvalue weighted by Crippen LogP contribution is -2.31. The number of rotatable bonds is 6. The molecule has 0 saturated heterocycles. The molecule has 4 aromatic heterocycles. The second-order valence-electron chi connectivity index (χ2n) is 9.75. The maximum absolute atomic E-state index is 11.9. The summed E-state index contributed by atoms with van der Waals surface area (Å²) < 4.78 is 33.2. The number of fused-ring (bicyclic) bond motifs is 1. The van der Waals surface area contributed by atoms with E-state index in [2.05, 4.69) is 20.5 Å². The van der Waals surface area contributed by atoms with E-state index in [4.69, 9.17) is 4.74 Å². The Kier molecular flexibility index (Phi) is 6.49. The quantitative estimate of drug-likeness (QED) is 0.408. The van der Waals surface area contributed by atoms with Gasteiger partial charge in [-0.3, -0.25) is 9.78 Å². The summed E-state index contributed by atoms with van der Waals surface area (Å²) in [6.45, 7) is 3.69. The number of nitrogens with zero attached hydrogens (tertiary/aromatic N) is 5. The molecular formula is C26H30N6O4S. The molecule has 0 aliphatic heterocycles. The fraction of sp³-hybridized carbons (Fsp3) is 0.385. The fourth-order valence-corrected chi connectivity index (χ4v) is 5.93. The Bertz CT molecular complexity index is 1610. The fourth-order valence-electron chi connectivity index (χ4n) is 4.80. The van der Waals surface area contributed by atoms with Gasteiger partial charge in [0.05, 0.1) is 23.1 Å². The first-order chi connectivity index (χ1) is 17.6. The van der Waals surface area contributed by atoms with Crippen molar-refractivity contribution in [2.75, 3.05) is 11.6 Å². The zero-order valence-electron chi connectivity index (χ0n) is 21.3. The number of aryl methyl sites for hydroxylation is 3. The van der Waals surface area contributed by atoms with Crippen LogP contribution in [0.1, 0.15) is 36.9 Å². The van der Waals surface area contributed by atoms with Gasteiger partial charge in [-0.2, -0.15) is 10.2 Å². The average Bonchev–Trinajstić information content (AvgIpc) is 3.24. The van der Waals surface area contributed by atoms with Gasteiger partial charge in [0.25, 0.3) is 5.56 Å². The Morgan fingerprint density at radius 3 is 2.46 bits per heavy atom. The van der Waals surface area contributed by atoms with E-state index >= 15 is 0 Å². The van der Waals surface area contributed by atoms with Crippen LogP contribution >= 0.6 is 0 Å². The molecule has 1 aliphatic rings. The lowest BCUT2D eigenvalue weighted by Gasteiger charge is -2.28. The average molecular weight is 523 g/mol. The van der Waals surface area contributed by atoms with Gasteiger partial charge in [-0.05, 0) is 69.4 Å². The van der Waals surface area contributed by atoms with Gasteiger partial charge in [-0.25, -0.2) is 17.6 Å². The number of anilines is 2. The molecule has 10 nitrogen and oxygen atoms in total. The van der Waals surface area contributed by atoms with Crippen molar-refractivity contribution in [1.29, 1.82) is 0 Å². The highest BCUT2D eigenvalue weighted by Gasteiger charge is 2.29. The normalized spacial score (nSPS) is 18.2. The third-order valence-electron chi connectivity index (χ3n) is 6.80. The molecule has 0 aromatic carbocycles. The van der Waals surface area contributed by atoms with Crippen molar-refractivity contribution in [2.45, 2.75) is 50.9 Å². The molecule has 1 aliphatic carbocycles. The zero-order chi connectivity index (χ0) is 26.3. The summed E-state index contributed by atoms with van der Waals surface area (Å²) in [4.78, 5) is 16.4. The molecule has 37 heavy (non-hydrogen) atoms. The second kappa shape index (κ2) is 9.62. The van der Waals surface area contributed by atoms with Gasteiger partial charge in [0, 0.05) is 42.4 Å². The van der Waals surface area contributed by atoms with Crippen molar-refractivity contribution in [3.63, 3.8) is 0 Å². The zero-order valence-corrected chi connectivity index (χ0v) is 22.1. The molecule has 4 heterocycles. The minimum Gasteiger partial charge on any atom is -0.488 e. The van der Waals surface area contributed by atoms with Crippen LogP contribution in [0.2, 0.25) is 0 Å². The monoisotopic (exact) mass is 522 g/mol. The number of pyridine rings is 2. The number of ether oxygens (including phenoxy) is 1. The van der Waals surface area contributed by atoms with Crippen molar-refractivity contribution in [3.8, 4) is 16.9 Å². The van der Waals surface area contributed by atoms with Gasteiger partial charge >= 0.3 is 0 Å². The topological polar surface area (TPSA) is 120 Å². The Morgan fingerprint density at radius 1 is 1.03 bits per heavy atom. The van der Waals surface area contributed by atoms with E-state index < -0.39 is 9.84 Å². The van der Waals surface area contributed by atoms with Crippen LogP contribution in [-0.4, -0.2) is 50.4 Å².